The van der Waals surface area contributed by atoms with Crippen LogP contribution >= 0.6 is 34.5 Å². The molecule has 0 saturated carbocycles. The molecular weight excluding hydrogens is 453 g/mol. The second kappa shape index (κ2) is 8.32. The van der Waals surface area contributed by atoms with E-state index < -0.39 is 0 Å². The number of allylic oxidation sites excluding steroid dienone is 1. The number of Topliss-reactive ketones (excluding diaryl/α,β-unsaturated/α-hetero) is 1. The summed E-state index contributed by atoms with van der Waals surface area (Å²) in [4.78, 5) is 16.7. The third kappa shape index (κ3) is 3.87. The summed E-state index contributed by atoms with van der Waals surface area (Å²) in [5.41, 5.74) is 2.96. The van der Waals surface area contributed by atoms with Gasteiger partial charge in [0.15, 0.2) is 5.76 Å². The summed E-state index contributed by atoms with van der Waals surface area (Å²) in [6.07, 6.45) is 2.59. The number of hydrogen-bond acceptors (Lipinski definition) is 5. The van der Waals surface area contributed by atoms with Crippen LogP contribution in [0.5, 0.6) is 11.5 Å². The van der Waals surface area contributed by atoms with E-state index in [-0.39, 0.29) is 11.5 Å². The molecular formula is C24H19Cl2NO3S. The molecule has 0 N–H and O–H groups in total. The van der Waals surface area contributed by atoms with Crippen LogP contribution in [0, 0.1) is 6.92 Å². The molecule has 31 heavy (non-hydrogen) atoms. The molecule has 5 rings (SSSR count). The van der Waals surface area contributed by atoms with E-state index in [1.807, 2.05) is 13.0 Å². The molecule has 2 aromatic carbocycles. The van der Waals surface area contributed by atoms with Crippen molar-refractivity contribution in [1.82, 2.24) is 4.90 Å². The van der Waals surface area contributed by atoms with Gasteiger partial charge in [-0.05, 0) is 49.1 Å². The van der Waals surface area contributed by atoms with Crippen LogP contribution in [0.2, 0.25) is 10.0 Å². The maximum absolute atomic E-state index is 13.1. The van der Waals surface area contributed by atoms with Crippen molar-refractivity contribution in [3.8, 4) is 11.5 Å². The van der Waals surface area contributed by atoms with Gasteiger partial charge in [0.25, 0.3) is 0 Å². The number of nitrogens with zero attached hydrogens (tertiary/aromatic N) is 1. The van der Waals surface area contributed by atoms with Crippen molar-refractivity contribution in [2.24, 2.45) is 0 Å². The Labute approximate surface area is 194 Å². The molecule has 0 aliphatic carbocycles. The first-order valence-corrected chi connectivity index (χ1v) is 11.6. The molecule has 0 spiro atoms. The number of fused-ring (bicyclic) bond motifs is 2. The van der Waals surface area contributed by atoms with E-state index in [2.05, 4.69) is 22.4 Å². The lowest BCUT2D eigenvalue weighted by molar-refractivity contribution is 0.0956. The number of carbonyl (C=O) groups is 1. The van der Waals surface area contributed by atoms with Crippen LogP contribution in [-0.4, -0.2) is 24.0 Å². The number of carbonyl (C=O) groups excluding carboxylic acids is 1. The Hall–Kier alpha value is -2.31. The average Bonchev–Trinajstić information content (AvgIpc) is 3.38. The molecule has 0 amide bonds. The molecule has 3 heterocycles. The Morgan fingerprint density at radius 2 is 1.97 bits per heavy atom. The fourth-order valence-corrected chi connectivity index (χ4v) is 5.15. The average molecular weight is 472 g/mol. The van der Waals surface area contributed by atoms with E-state index in [1.165, 1.54) is 4.88 Å². The predicted octanol–water partition coefficient (Wildman–Crippen LogP) is 6.37. The first-order valence-electron chi connectivity index (χ1n) is 9.93. The van der Waals surface area contributed by atoms with E-state index in [4.69, 9.17) is 32.7 Å². The first kappa shape index (κ1) is 20.6. The second-order valence-corrected chi connectivity index (χ2v) is 9.44. The molecule has 0 bridgehead atoms. The first-order chi connectivity index (χ1) is 15.0. The number of rotatable bonds is 4. The van der Waals surface area contributed by atoms with Gasteiger partial charge in [0.05, 0.1) is 5.56 Å². The highest BCUT2D eigenvalue weighted by molar-refractivity contribution is 7.09. The molecule has 1 aromatic heterocycles. The third-order valence-corrected chi connectivity index (χ3v) is 7.13. The Morgan fingerprint density at radius 1 is 1.16 bits per heavy atom. The molecule has 0 radical (unpaired) electrons. The molecule has 0 fully saturated rings. The van der Waals surface area contributed by atoms with Gasteiger partial charge in [-0.2, -0.15) is 0 Å². The summed E-state index contributed by atoms with van der Waals surface area (Å²) in [5.74, 6) is 1.39. The summed E-state index contributed by atoms with van der Waals surface area (Å²) in [6, 6.07) is 11.3. The van der Waals surface area contributed by atoms with Crippen LogP contribution in [-0.2, 0) is 13.0 Å². The van der Waals surface area contributed by atoms with Crippen molar-refractivity contribution < 1.29 is 14.3 Å². The van der Waals surface area contributed by atoms with Gasteiger partial charge in [-0.1, -0.05) is 35.3 Å². The van der Waals surface area contributed by atoms with Gasteiger partial charge in [-0.25, -0.2) is 0 Å². The minimum Gasteiger partial charge on any atom is -0.477 e. The van der Waals surface area contributed by atoms with E-state index in [0.29, 0.717) is 33.7 Å². The Morgan fingerprint density at radius 3 is 2.71 bits per heavy atom. The highest BCUT2D eigenvalue weighted by Gasteiger charge is 2.33. The van der Waals surface area contributed by atoms with Gasteiger partial charge in [0.1, 0.15) is 18.2 Å². The third-order valence-electron chi connectivity index (χ3n) is 5.53. The molecule has 0 atom stereocenters. The maximum Gasteiger partial charge on any atom is 0.231 e. The van der Waals surface area contributed by atoms with Crippen molar-refractivity contribution in [2.75, 3.05) is 13.3 Å². The number of halogens is 2. The summed E-state index contributed by atoms with van der Waals surface area (Å²) in [6.45, 7) is 4.08. The lowest BCUT2D eigenvalue weighted by atomic mass is 10.00. The molecule has 7 heteroatoms. The smallest absolute Gasteiger partial charge is 0.231 e. The van der Waals surface area contributed by atoms with Crippen molar-refractivity contribution in [1.29, 1.82) is 0 Å². The second-order valence-electron chi connectivity index (χ2n) is 7.60. The zero-order chi connectivity index (χ0) is 21.5. The molecule has 2 aliphatic rings. The van der Waals surface area contributed by atoms with Crippen LogP contribution < -0.4 is 9.47 Å². The van der Waals surface area contributed by atoms with Crippen molar-refractivity contribution >= 4 is 46.4 Å². The van der Waals surface area contributed by atoms with Gasteiger partial charge in [0, 0.05) is 44.7 Å². The van der Waals surface area contributed by atoms with E-state index in [1.54, 1.807) is 35.6 Å². The summed E-state index contributed by atoms with van der Waals surface area (Å²) in [5, 5.41) is 3.03. The van der Waals surface area contributed by atoms with Crippen LogP contribution in [0.25, 0.3) is 6.08 Å². The molecule has 4 nitrogen and oxygen atoms in total. The van der Waals surface area contributed by atoms with Crippen LogP contribution in [0.1, 0.15) is 31.9 Å². The van der Waals surface area contributed by atoms with Crippen molar-refractivity contribution in [2.45, 2.75) is 19.9 Å². The molecule has 0 unspecified atom stereocenters. The summed E-state index contributed by atoms with van der Waals surface area (Å²) in [7, 11) is 0. The molecule has 2 aliphatic heterocycles. The fraction of sp³-hybridized carbons (Fsp3) is 0.208. The Balaban J connectivity index is 1.42. The SMILES string of the molecule is Cc1c2c(cc3c1O/C(=C\c1c(Cl)cccc1Cl)C3=O)CN(CCc1cccs1)CO2. The minimum atomic E-state index is -0.174. The highest BCUT2D eigenvalue weighted by atomic mass is 35.5. The predicted molar refractivity (Wildman–Crippen MR) is 125 cm³/mol. The van der Waals surface area contributed by atoms with Gasteiger partial charge in [0.2, 0.25) is 5.78 Å². The quantitative estimate of drug-likeness (QED) is 0.414. The van der Waals surface area contributed by atoms with Crippen LogP contribution in [0.15, 0.2) is 47.5 Å². The zero-order valence-corrected chi connectivity index (χ0v) is 19.1. The largest absolute Gasteiger partial charge is 0.477 e. The maximum atomic E-state index is 13.1. The number of ether oxygens (including phenoxy) is 2. The topological polar surface area (TPSA) is 38.8 Å². The minimum absolute atomic E-state index is 0.174. The number of benzene rings is 2. The van der Waals surface area contributed by atoms with Gasteiger partial charge in [-0.3, -0.25) is 9.69 Å². The zero-order valence-electron chi connectivity index (χ0n) is 16.8. The normalized spacial score (nSPS) is 16.7. The fourth-order valence-electron chi connectivity index (χ4n) is 3.94. The van der Waals surface area contributed by atoms with Gasteiger partial charge < -0.3 is 9.47 Å². The standard InChI is InChI=1S/C24H19Cl2NO3S/c1-14-23-15(12-27(13-29-23)8-7-16-4-3-9-31-16)10-18-22(28)21(30-24(14)18)11-17-19(25)5-2-6-20(17)26/h2-6,9-11H,7-8,12-13H2,1H3/b21-11-. The van der Waals surface area contributed by atoms with Crippen LogP contribution in [0.3, 0.4) is 0 Å². The number of thiophene rings is 1. The monoisotopic (exact) mass is 471 g/mol. The molecule has 158 valence electrons. The van der Waals surface area contributed by atoms with Crippen molar-refractivity contribution in [3.63, 3.8) is 0 Å². The van der Waals surface area contributed by atoms with E-state index >= 15 is 0 Å². The van der Waals surface area contributed by atoms with Crippen LogP contribution in [0.4, 0.5) is 0 Å². The number of ketones is 1. The van der Waals surface area contributed by atoms with Crippen molar-refractivity contribution in [3.05, 3.63) is 84.7 Å². The lowest BCUT2D eigenvalue weighted by Crippen LogP contribution is -2.34. The number of hydrogen-bond donors (Lipinski definition) is 0. The molecule has 0 saturated heterocycles. The molecule has 3 aromatic rings. The lowest BCUT2D eigenvalue weighted by Gasteiger charge is -2.30. The Bertz CT molecular complexity index is 1180. The summed E-state index contributed by atoms with van der Waals surface area (Å²) >= 11 is 14.3. The Kier molecular flexibility index (Phi) is 5.52. The van der Waals surface area contributed by atoms with Gasteiger partial charge >= 0.3 is 0 Å². The summed E-state index contributed by atoms with van der Waals surface area (Å²) < 4.78 is 12.0. The highest BCUT2D eigenvalue weighted by Crippen LogP contribution is 2.43. The van der Waals surface area contributed by atoms with E-state index in [0.717, 1.165) is 36.4 Å². The van der Waals surface area contributed by atoms with Gasteiger partial charge in [-0.15, -0.1) is 11.3 Å². The van der Waals surface area contributed by atoms with E-state index in [9.17, 15) is 4.79 Å².